The number of aliphatic hydroxyl groups excluding tert-OH is 2. The van der Waals surface area contributed by atoms with Crippen LogP contribution in [0.4, 0.5) is 5.82 Å². The van der Waals surface area contributed by atoms with Crippen LogP contribution in [0.5, 0.6) is 0 Å². The smallest absolute Gasteiger partial charge is 0.167 e. The number of nitrogens with zero attached hydrogens (tertiary/aromatic N) is 5. The summed E-state index contributed by atoms with van der Waals surface area (Å²) in [5.41, 5.74) is 6.79. The van der Waals surface area contributed by atoms with E-state index in [9.17, 15) is 10.2 Å². The van der Waals surface area contributed by atoms with Crippen molar-refractivity contribution in [1.29, 1.82) is 0 Å². The molecule has 2 aromatic rings. The normalized spacial score (nSPS) is 26.5. The zero-order chi connectivity index (χ0) is 18.8. The van der Waals surface area contributed by atoms with Crippen LogP contribution < -0.4 is 5.73 Å². The Hall–Kier alpha value is -2.07. The van der Waals surface area contributed by atoms with Crippen molar-refractivity contribution in [3.63, 3.8) is 0 Å². The molecule has 3 rings (SSSR count). The van der Waals surface area contributed by atoms with Gasteiger partial charge in [-0.15, -0.1) is 0 Å². The highest BCUT2D eigenvalue weighted by molar-refractivity contribution is 5.81. The van der Waals surface area contributed by atoms with Gasteiger partial charge in [0.1, 0.15) is 30.5 Å². The van der Waals surface area contributed by atoms with Crippen LogP contribution in [0.2, 0.25) is 0 Å². The lowest BCUT2D eigenvalue weighted by molar-refractivity contribution is -0.0424. The molecule has 26 heavy (non-hydrogen) atoms. The van der Waals surface area contributed by atoms with Crippen molar-refractivity contribution in [1.82, 2.24) is 24.4 Å². The van der Waals surface area contributed by atoms with Gasteiger partial charge < -0.3 is 25.6 Å². The van der Waals surface area contributed by atoms with Crippen LogP contribution >= 0.6 is 0 Å². The van der Waals surface area contributed by atoms with E-state index in [0.717, 1.165) is 13.0 Å². The second-order valence-electron chi connectivity index (χ2n) is 6.61. The standard InChI is InChI=1S/C17H26N6O3/c1-4-5-6-7-22(3)8-11-13(24)14(25)17(26-11)23-10(2)21-12-15(18)19-9-20-16(12)23/h5-6,9,11,13-14,17,24-25H,4,7-8H2,1-3H3,(H2,18,19,20)/b6-5-/t11-,13-,14-,17-/m1/s1. The van der Waals surface area contributed by atoms with Crippen LogP contribution in [-0.2, 0) is 4.74 Å². The maximum absolute atomic E-state index is 10.5. The van der Waals surface area contributed by atoms with E-state index in [1.807, 2.05) is 11.9 Å². The number of fused-ring (bicyclic) bond motifs is 1. The van der Waals surface area contributed by atoms with Gasteiger partial charge in [-0.2, -0.15) is 0 Å². The first-order valence-electron chi connectivity index (χ1n) is 8.74. The lowest BCUT2D eigenvalue weighted by Gasteiger charge is -2.21. The third-order valence-corrected chi connectivity index (χ3v) is 4.58. The Kier molecular flexibility index (Phi) is 5.52. The summed E-state index contributed by atoms with van der Waals surface area (Å²) in [4.78, 5) is 14.6. The highest BCUT2D eigenvalue weighted by Crippen LogP contribution is 2.33. The average Bonchev–Trinajstić information content (AvgIpc) is 3.07. The molecule has 9 nitrogen and oxygen atoms in total. The van der Waals surface area contributed by atoms with Crippen LogP contribution in [0, 0.1) is 6.92 Å². The molecule has 142 valence electrons. The van der Waals surface area contributed by atoms with E-state index in [4.69, 9.17) is 10.5 Å². The molecule has 4 N–H and O–H groups in total. The molecule has 0 saturated carbocycles. The summed E-state index contributed by atoms with van der Waals surface area (Å²) in [6.45, 7) is 5.09. The van der Waals surface area contributed by atoms with Crippen LogP contribution in [0.1, 0.15) is 25.4 Å². The largest absolute Gasteiger partial charge is 0.387 e. The Morgan fingerprint density at radius 1 is 1.31 bits per heavy atom. The van der Waals surface area contributed by atoms with Crippen LogP contribution in [0.3, 0.4) is 0 Å². The van der Waals surface area contributed by atoms with Crippen molar-refractivity contribution in [3.8, 4) is 0 Å². The zero-order valence-electron chi connectivity index (χ0n) is 15.3. The third-order valence-electron chi connectivity index (χ3n) is 4.58. The van der Waals surface area contributed by atoms with Crippen LogP contribution in [0.25, 0.3) is 11.2 Å². The van der Waals surface area contributed by atoms with Crippen LogP contribution in [0.15, 0.2) is 18.5 Å². The number of likely N-dealkylation sites (N-methyl/N-ethyl adjacent to an activating group) is 1. The second kappa shape index (κ2) is 7.67. The lowest BCUT2D eigenvalue weighted by atomic mass is 10.1. The van der Waals surface area contributed by atoms with Gasteiger partial charge in [-0.25, -0.2) is 15.0 Å². The van der Waals surface area contributed by atoms with Crippen molar-refractivity contribution in [2.45, 2.75) is 44.8 Å². The number of allylic oxidation sites excluding steroid dienone is 1. The van der Waals surface area contributed by atoms with Gasteiger partial charge >= 0.3 is 0 Å². The maximum Gasteiger partial charge on any atom is 0.167 e. The summed E-state index contributed by atoms with van der Waals surface area (Å²) in [7, 11) is 1.95. The van der Waals surface area contributed by atoms with Gasteiger partial charge in [0.05, 0.1) is 0 Å². The molecule has 2 aromatic heterocycles. The highest BCUT2D eigenvalue weighted by Gasteiger charge is 2.45. The molecule has 0 aliphatic carbocycles. The average molecular weight is 362 g/mol. The van der Waals surface area contributed by atoms with Crippen LogP contribution in [-0.4, -0.2) is 73.1 Å². The summed E-state index contributed by atoms with van der Waals surface area (Å²) < 4.78 is 7.66. The molecule has 0 bridgehead atoms. The molecule has 0 aromatic carbocycles. The summed E-state index contributed by atoms with van der Waals surface area (Å²) >= 11 is 0. The number of nitrogens with two attached hydrogens (primary N) is 1. The first-order valence-corrected chi connectivity index (χ1v) is 8.74. The van der Waals surface area contributed by atoms with E-state index in [-0.39, 0.29) is 5.82 Å². The quantitative estimate of drug-likeness (QED) is 0.624. The molecule has 4 atom stereocenters. The summed E-state index contributed by atoms with van der Waals surface area (Å²) in [6, 6.07) is 0. The minimum absolute atomic E-state index is 0.267. The second-order valence-corrected chi connectivity index (χ2v) is 6.61. The van der Waals surface area contributed by atoms with Gasteiger partial charge in [0.25, 0.3) is 0 Å². The SMILES string of the molecule is CC/C=C\CN(C)C[C@H]1O[C@@H](n2c(C)nc3c(N)ncnc32)[C@H](O)[C@@H]1O. The van der Waals surface area contributed by atoms with Gasteiger partial charge in [0.2, 0.25) is 0 Å². The molecular weight excluding hydrogens is 336 g/mol. The molecule has 9 heteroatoms. The van der Waals surface area contributed by atoms with Crippen molar-refractivity contribution in [3.05, 3.63) is 24.3 Å². The highest BCUT2D eigenvalue weighted by atomic mass is 16.6. The molecule has 3 heterocycles. The molecule has 0 radical (unpaired) electrons. The minimum Gasteiger partial charge on any atom is -0.387 e. The van der Waals surface area contributed by atoms with Gasteiger partial charge in [-0.3, -0.25) is 4.57 Å². The lowest BCUT2D eigenvalue weighted by Crippen LogP contribution is -2.38. The number of nitrogen functional groups attached to an aromatic ring is 1. The molecule has 0 spiro atoms. The molecule has 1 aliphatic rings. The molecule has 1 fully saturated rings. The van der Waals surface area contributed by atoms with Crippen molar-refractivity contribution in [2.24, 2.45) is 0 Å². The topological polar surface area (TPSA) is 123 Å². The van der Waals surface area contributed by atoms with E-state index >= 15 is 0 Å². The summed E-state index contributed by atoms with van der Waals surface area (Å²) in [5, 5.41) is 21.0. The van der Waals surface area contributed by atoms with Gasteiger partial charge in [0.15, 0.2) is 23.2 Å². The molecule has 1 saturated heterocycles. The summed E-state index contributed by atoms with van der Waals surface area (Å²) in [6.07, 6.45) is 3.08. The molecular formula is C17H26N6O3. The monoisotopic (exact) mass is 362 g/mol. The molecule has 0 amide bonds. The predicted octanol–water partition coefficient (Wildman–Crippen LogP) is 0.234. The van der Waals surface area contributed by atoms with Gasteiger partial charge in [0, 0.05) is 13.1 Å². The Labute approximate surface area is 152 Å². The summed E-state index contributed by atoms with van der Waals surface area (Å²) in [5.74, 6) is 0.854. The number of ether oxygens (including phenoxy) is 1. The number of anilines is 1. The van der Waals surface area contributed by atoms with E-state index in [1.54, 1.807) is 11.5 Å². The minimum atomic E-state index is -1.09. The van der Waals surface area contributed by atoms with E-state index in [1.165, 1.54) is 6.33 Å². The number of rotatable bonds is 6. The fourth-order valence-corrected chi connectivity index (χ4v) is 3.24. The van der Waals surface area contributed by atoms with Crippen molar-refractivity contribution >= 4 is 17.0 Å². The first-order chi connectivity index (χ1) is 12.4. The van der Waals surface area contributed by atoms with Gasteiger partial charge in [-0.1, -0.05) is 19.1 Å². The number of aromatic nitrogens is 4. The van der Waals surface area contributed by atoms with Gasteiger partial charge in [-0.05, 0) is 20.4 Å². The zero-order valence-corrected chi connectivity index (χ0v) is 15.3. The Bertz CT molecular complexity index is 792. The maximum atomic E-state index is 10.5. The number of hydrogen-bond donors (Lipinski definition) is 3. The van der Waals surface area contributed by atoms with Crippen molar-refractivity contribution in [2.75, 3.05) is 25.9 Å². The molecule has 1 aliphatic heterocycles. The number of aliphatic hydroxyl groups is 2. The Morgan fingerprint density at radius 2 is 2.08 bits per heavy atom. The number of aryl methyl sites for hydroxylation is 1. The first kappa shape index (κ1) is 18.7. The fourth-order valence-electron chi connectivity index (χ4n) is 3.24. The Balaban J connectivity index is 1.81. The Morgan fingerprint density at radius 3 is 2.81 bits per heavy atom. The molecule has 0 unspecified atom stereocenters. The van der Waals surface area contributed by atoms with E-state index in [0.29, 0.717) is 23.5 Å². The number of imidazole rings is 1. The predicted molar refractivity (Wildman–Crippen MR) is 97.3 cm³/mol. The van der Waals surface area contributed by atoms with E-state index in [2.05, 4.69) is 34.0 Å². The fraction of sp³-hybridized carbons (Fsp3) is 0.588. The third kappa shape index (κ3) is 3.43. The van der Waals surface area contributed by atoms with E-state index < -0.39 is 24.5 Å². The number of hydrogen-bond acceptors (Lipinski definition) is 8. The van der Waals surface area contributed by atoms with Crippen molar-refractivity contribution < 1.29 is 14.9 Å².